The van der Waals surface area contributed by atoms with E-state index >= 15 is 0 Å². The number of fused-ring (bicyclic) bond motifs is 2. The Morgan fingerprint density at radius 3 is 2.61 bits per heavy atom. The summed E-state index contributed by atoms with van der Waals surface area (Å²) in [7, 11) is 0. The Hall–Kier alpha value is -3.58. The molecule has 2 aliphatic heterocycles. The van der Waals surface area contributed by atoms with E-state index in [1.54, 1.807) is 30.3 Å². The van der Waals surface area contributed by atoms with Gasteiger partial charge in [0.2, 0.25) is 0 Å². The third-order valence-electron chi connectivity index (χ3n) is 5.60. The number of nitrogens with one attached hydrogen (secondary N) is 1. The van der Waals surface area contributed by atoms with Crippen LogP contribution in [0.15, 0.2) is 60.7 Å². The van der Waals surface area contributed by atoms with E-state index in [0.29, 0.717) is 22.7 Å². The Labute approximate surface area is 179 Å². The molecular weight excluding hydrogens is 397 g/mol. The highest BCUT2D eigenvalue weighted by atomic mass is 19.1. The number of amides is 1. The van der Waals surface area contributed by atoms with Crippen molar-refractivity contribution in [1.29, 1.82) is 0 Å². The smallest absolute Gasteiger partial charge is 0.262 e. The number of carbonyl (C=O) groups is 1. The van der Waals surface area contributed by atoms with Crippen LogP contribution in [-0.2, 0) is 6.54 Å². The van der Waals surface area contributed by atoms with Crippen molar-refractivity contribution >= 4 is 17.3 Å². The number of nitrogens with zero attached hydrogens (tertiary/aromatic N) is 2. The van der Waals surface area contributed by atoms with Crippen LogP contribution in [0.25, 0.3) is 0 Å². The van der Waals surface area contributed by atoms with Gasteiger partial charge in [0.15, 0.2) is 11.5 Å². The molecule has 0 unspecified atom stereocenters. The number of rotatable bonds is 3. The number of aromatic hydroxyl groups is 1. The number of carbonyl (C=O) groups excluding carboxylic acids is 1. The molecule has 0 spiro atoms. The normalized spacial score (nSPS) is 15.7. The van der Waals surface area contributed by atoms with Crippen LogP contribution in [0.4, 0.5) is 15.8 Å². The van der Waals surface area contributed by atoms with E-state index in [1.165, 1.54) is 17.0 Å². The van der Waals surface area contributed by atoms with Gasteiger partial charge in [-0.2, -0.15) is 0 Å². The zero-order chi connectivity index (χ0) is 21.4. The van der Waals surface area contributed by atoms with Crippen molar-refractivity contribution in [2.24, 2.45) is 0 Å². The maximum atomic E-state index is 14.2. The first-order valence-corrected chi connectivity index (χ1v) is 10.3. The van der Waals surface area contributed by atoms with Crippen molar-refractivity contribution < 1.29 is 19.0 Å². The molecule has 0 aliphatic carbocycles. The predicted molar refractivity (Wildman–Crippen MR) is 117 cm³/mol. The minimum absolute atomic E-state index is 0.108. The number of hydrogen-bond acceptors (Lipinski definition) is 5. The fourth-order valence-corrected chi connectivity index (χ4v) is 4.10. The summed E-state index contributed by atoms with van der Waals surface area (Å²) >= 11 is 0. The lowest BCUT2D eigenvalue weighted by Crippen LogP contribution is -2.43. The van der Waals surface area contributed by atoms with E-state index in [2.05, 4.69) is 10.2 Å². The monoisotopic (exact) mass is 419 g/mol. The van der Waals surface area contributed by atoms with Gasteiger partial charge in [-0.15, -0.1) is 0 Å². The molecule has 3 aromatic carbocycles. The van der Waals surface area contributed by atoms with Gasteiger partial charge < -0.3 is 25.0 Å². The molecule has 2 heterocycles. The second-order valence-corrected chi connectivity index (χ2v) is 7.67. The summed E-state index contributed by atoms with van der Waals surface area (Å²) in [6.45, 7) is 3.48. The second-order valence-electron chi connectivity index (χ2n) is 7.67. The van der Waals surface area contributed by atoms with Crippen molar-refractivity contribution in [3.8, 4) is 17.2 Å². The average Bonchev–Trinajstić information content (AvgIpc) is 2.89. The summed E-state index contributed by atoms with van der Waals surface area (Å²) in [5.41, 5.74) is 2.36. The topological polar surface area (TPSA) is 65.0 Å². The number of ether oxygens (including phenoxy) is 1. The molecule has 1 fully saturated rings. The molecular formula is C24H22FN3O3. The minimum Gasteiger partial charge on any atom is -0.508 e. The van der Waals surface area contributed by atoms with Crippen LogP contribution in [0.1, 0.15) is 15.9 Å². The van der Waals surface area contributed by atoms with Gasteiger partial charge in [-0.25, -0.2) is 4.39 Å². The van der Waals surface area contributed by atoms with Crippen LogP contribution in [0.3, 0.4) is 0 Å². The van der Waals surface area contributed by atoms with Crippen molar-refractivity contribution in [3.05, 3.63) is 77.6 Å². The number of anilines is 2. The Bertz CT molecular complexity index is 1140. The molecule has 5 rings (SSSR count). The number of phenols is 1. The molecule has 1 amide bonds. The Balaban J connectivity index is 1.63. The van der Waals surface area contributed by atoms with E-state index in [0.717, 1.165) is 37.4 Å². The van der Waals surface area contributed by atoms with Gasteiger partial charge in [-0.3, -0.25) is 4.79 Å². The first kappa shape index (κ1) is 19.4. The van der Waals surface area contributed by atoms with Crippen molar-refractivity contribution in [2.45, 2.75) is 6.54 Å². The van der Waals surface area contributed by atoms with E-state index in [1.807, 2.05) is 18.2 Å². The maximum Gasteiger partial charge on any atom is 0.262 e. The number of phenolic OH excluding ortho intramolecular Hbond substituents is 1. The lowest BCUT2D eigenvalue weighted by atomic mass is 10.1. The summed E-state index contributed by atoms with van der Waals surface area (Å²) in [6.07, 6.45) is 0. The lowest BCUT2D eigenvalue weighted by molar-refractivity contribution is 0.0985. The molecule has 158 valence electrons. The van der Waals surface area contributed by atoms with Gasteiger partial charge in [-0.05, 0) is 42.0 Å². The van der Waals surface area contributed by atoms with E-state index in [-0.39, 0.29) is 18.2 Å². The molecule has 7 heteroatoms. The summed E-state index contributed by atoms with van der Waals surface area (Å²) in [5.74, 6) is 0.276. The molecule has 0 saturated carbocycles. The molecule has 3 aromatic rings. The lowest BCUT2D eigenvalue weighted by Gasteiger charge is -2.31. The first-order chi connectivity index (χ1) is 15.1. The van der Waals surface area contributed by atoms with Gasteiger partial charge in [0, 0.05) is 32.2 Å². The number of benzene rings is 3. The quantitative estimate of drug-likeness (QED) is 0.674. The van der Waals surface area contributed by atoms with Gasteiger partial charge in [0.05, 0.1) is 23.5 Å². The highest BCUT2D eigenvalue weighted by Gasteiger charge is 2.31. The molecule has 0 bridgehead atoms. The van der Waals surface area contributed by atoms with E-state index < -0.39 is 5.82 Å². The molecule has 0 radical (unpaired) electrons. The largest absolute Gasteiger partial charge is 0.508 e. The maximum absolute atomic E-state index is 14.2. The first-order valence-electron chi connectivity index (χ1n) is 10.3. The van der Waals surface area contributed by atoms with Crippen molar-refractivity contribution in [3.63, 3.8) is 0 Å². The standard InChI is InChI=1S/C24H22FN3O3/c25-17-7-8-22-21(14-17)28(15-16-3-1-4-18(29)13-16)24(30)19-5-2-6-20(23(19)31-22)27-11-9-26-10-12-27/h1-8,13-14,26,29H,9-12,15H2. The number of piperazine rings is 1. The summed E-state index contributed by atoms with van der Waals surface area (Å²) in [4.78, 5) is 17.4. The Morgan fingerprint density at radius 2 is 1.81 bits per heavy atom. The van der Waals surface area contributed by atoms with Crippen LogP contribution in [0.5, 0.6) is 17.2 Å². The minimum atomic E-state index is -0.454. The van der Waals surface area contributed by atoms with E-state index in [9.17, 15) is 14.3 Å². The predicted octanol–water partition coefficient (Wildman–Crippen LogP) is 3.89. The fourth-order valence-electron chi connectivity index (χ4n) is 4.10. The van der Waals surface area contributed by atoms with E-state index in [4.69, 9.17) is 4.74 Å². The van der Waals surface area contributed by atoms with Gasteiger partial charge >= 0.3 is 0 Å². The summed E-state index contributed by atoms with van der Waals surface area (Å²) < 4.78 is 20.4. The highest BCUT2D eigenvalue weighted by Crippen LogP contribution is 2.44. The number of halogens is 1. The van der Waals surface area contributed by atoms with Crippen LogP contribution >= 0.6 is 0 Å². The average molecular weight is 419 g/mol. The van der Waals surface area contributed by atoms with Crippen LogP contribution < -0.4 is 19.9 Å². The van der Waals surface area contributed by atoms with Gasteiger partial charge in [-0.1, -0.05) is 18.2 Å². The number of para-hydroxylation sites is 1. The zero-order valence-corrected chi connectivity index (χ0v) is 16.8. The molecule has 2 N–H and O–H groups in total. The molecule has 0 atom stereocenters. The third-order valence-corrected chi connectivity index (χ3v) is 5.60. The molecule has 6 nitrogen and oxygen atoms in total. The van der Waals surface area contributed by atoms with Crippen molar-refractivity contribution in [2.75, 3.05) is 36.0 Å². The second kappa shape index (κ2) is 7.92. The van der Waals surface area contributed by atoms with Crippen LogP contribution in [0, 0.1) is 5.82 Å². The SMILES string of the molecule is O=C1c2cccc(N3CCNCC3)c2Oc2ccc(F)cc2N1Cc1cccc(O)c1. The molecule has 0 aromatic heterocycles. The Morgan fingerprint density at radius 1 is 1.00 bits per heavy atom. The third kappa shape index (κ3) is 3.68. The van der Waals surface area contributed by atoms with Gasteiger partial charge in [0.1, 0.15) is 11.6 Å². The van der Waals surface area contributed by atoms with Crippen molar-refractivity contribution in [1.82, 2.24) is 5.32 Å². The fraction of sp³-hybridized carbons (Fsp3) is 0.208. The zero-order valence-electron chi connectivity index (χ0n) is 16.8. The number of hydrogen-bond donors (Lipinski definition) is 2. The molecule has 2 aliphatic rings. The molecule has 31 heavy (non-hydrogen) atoms. The summed E-state index contributed by atoms with van der Waals surface area (Å²) in [6, 6.07) is 16.4. The van der Waals surface area contributed by atoms with Crippen LogP contribution in [-0.4, -0.2) is 37.2 Å². The van der Waals surface area contributed by atoms with Crippen LogP contribution in [0.2, 0.25) is 0 Å². The highest BCUT2D eigenvalue weighted by molar-refractivity contribution is 6.10. The molecule has 1 saturated heterocycles. The summed E-state index contributed by atoms with van der Waals surface area (Å²) in [5, 5.41) is 13.2. The van der Waals surface area contributed by atoms with Gasteiger partial charge in [0.25, 0.3) is 5.91 Å². The Kier molecular flexibility index (Phi) is 4.95.